The molecule has 0 radical (unpaired) electrons. The average molecular weight is 999 g/mol. The molecule has 10 aromatic carbocycles. The van der Waals surface area contributed by atoms with Gasteiger partial charge in [0.1, 0.15) is 11.6 Å². The van der Waals surface area contributed by atoms with Crippen molar-refractivity contribution in [3.05, 3.63) is 295 Å². The monoisotopic (exact) mass is 998 g/mol. The maximum Gasteiger partial charge on any atom is 0.127 e. The Bertz CT molecular complexity index is 3680. The molecule has 0 aliphatic carbocycles. The van der Waals surface area contributed by atoms with E-state index in [0.717, 1.165) is 118 Å². The van der Waals surface area contributed by atoms with E-state index in [0.29, 0.717) is 48.6 Å². The molecule has 0 N–H and O–H groups in total. The summed E-state index contributed by atoms with van der Waals surface area (Å²) in [7, 11) is 0. The van der Waals surface area contributed by atoms with Gasteiger partial charge in [0.25, 0.3) is 0 Å². The Labute approximate surface area is 447 Å². The first-order chi connectivity index (χ1) is 37.2. The van der Waals surface area contributed by atoms with Gasteiger partial charge in [0.2, 0.25) is 0 Å². The highest BCUT2D eigenvalue weighted by Crippen LogP contribution is 2.40. The molecule has 12 rings (SSSR count). The van der Waals surface area contributed by atoms with E-state index >= 15 is 8.78 Å². The van der Waals surface area contributed by atoms with Gasteiger partial charge < -0.3 is 9.47 Å². The van der Waals surface area contributed by atoms with Gasteiger partial charge in [-0.1, -0.05) is 193 Å². The minimum Gasteiger partial charge on any atom is -0.381 e. The minimum atomic E-state index is -0.185. The molecule has 10 aromatic rings. The summed E-state index contributed by atoms with van der Waals surface area (Å²) in [5.41, 5.74) is 20.1. The third kappa shape index (κ3) is 11.5. The van der Waals surface area contributed by atoms with Crippen LogP contribution in [0.3, 0.4) is 0 Å². The highest BCUT2D eigenvalue weighted by molar-refractivity contribution is 6.07. The number of aryl methyl sites for hydroxylation is 2. The van der Waals surface area contributed by atoms with Gasteiger partial charge in [-0.3, -0.25) is 0 Å². The van der Waals surface area contributed by atoms with Gasteiger partial charge in [0.05, 0.1) is 26.4 Å². The van der Waals surface area contributed by atoms with Crippen molar-refractivity contribution < 1.29 is 18.3 Å². The summed E-state index contributed by atoms with van der Waals surface area (Å²) in [6.07, 6.45) is 6.11. The number of hydrogen-bond donors (Lipinski definition) is 0. The van der Waals surface area contributed by atoms with Crippen molar-refractivity contribution in [3.63, 3.8) is 0 Å². The van der Waals surface area contributed by atoms with Crippen molar-refractivity contribution in [2.75, 3.05) is 26.4 Å². The zero-order valence-corrected chi connectivity index (χ0v) is 43.7. The standard InChI is InChI=1S/C72H64F2O2/c1-47-4-28-68-62(29-47)25-26-65(38-58-22-24-64(71(74)42-58)37-56-19-15-52(16-20-56)32-50-7-11-54(12-8-50)34-61-45-76-46-61)72(68)69-40-59(39-66-30-48(2)3-27-67(66)69)35-57-21-23-63(70(73)41-57)36-55-17-13-51(14-18-55)31-49-5-9-53(10-6-49)33-60-43-75-44-60/h3-30,39-42,60-61H,31-38,43-46H2,1-2H3. The van der Waals surface area contributed by atoms with Crippen LogP contribution < -0.4 is 0 Å². The number of fused-ring (bicyclic) bond motifs is 2. The van der Waals surface area contributed by atoms with Crippen LogP contribution in [0.25, 0.3) is 32.7 Å². The molecule has 0 aromatic heterocycles. The van der Waals surface area contributed by atoms with Gasteiger partial charge in [-0.15, -0.1) is 0 Å². The maximum absolute atomic E-state index is 16.2. The fraction of sp³-hybridized carbons (Fsp3) is 0.222. The molecule has 0 saturated carbocycles. The predicted octanol–water partition coefficient (Wildman–Crippen LogP) is 16.5. The molecular weight excluding hydrogens is 935 g/mol. The number of rotatable bonds is 17. The van der Waals surface area contributed by atoms with Crippen LogP contribution >= 0.6 is 0 Å². The normalized spacial score (nSPS) is 13.8. The van der Waals surface area contributed by atoms with Crippen LogP contribution in [0.15, 0.2) is 194 Å². The average Bonchev–Trinajstić information content (AvgIpc) is 3.50. The molecule has 4 heteroatoms. The Morgan fingerprint density at radius 3 is 1.17 bits per heavy atom. The molecule has 2 aliphatic rings. The van der Waals surface area contributed by atoms with E-state index in [2.05, 4.69) is 184 Å². The quantitative estimate of drug-likeness (QED) is 0.0905. The van der Waals surface area contributed by atoms with Crippen molar-refractivity contribution in [1.29, 1.82) is 0 Å². The van der Waals surface area contributed by atoms with Crippen molar-refractivity contribution in [1.82, 2.24) is 0 Å². The summed E-state index contributed by atoms with van der Waals surface area (Å²) >= 11 is 0. The highest BCUT2D eigenvalue weighted by Gasteiger charge is 2.21. The van der Waals surface area contributed by atoms with E-state index in [-0.39, 0.29) is 11.6 Å². The summed E-state index contributed by atoms with van der Waals surface area (Å²) in [6, 6.07) is 69.1. The molecule has 2 fully saturated rings. The molecular formula is C72H64F2O2. The molecule has 0 bridgehead atoms. The van der Waals surface area contributed by atoms with Crippen LogP contribution in [-0.2, 0) is 60.8 Å². The molecule has 2 heterocycles. The number of benzene rings is 10. The van der Waals surface area contributed by atoms with Crippen LogP contribution in [-0.4, -0.2) is 26.4 Å². The van der Waals surface area contributed by atoms with Crippen molar-refractivity contribution >= 4 is 21.5 Å². The van der Waals surface area contributed by atoms with Gasteiger partial charge in [-0.25, -0.2) is 8.78 Å². The summed E-state index contributed by atoms with van der Waals surface area (Å²) < 4.78 is 43.0. The molecule has 2 saturated heterocycles. The van der Waals surface area contributed by atoms with E-state index in [1.165, 1.54) is 44.5 Å². The van der Waals surface area contributed by atoms with Crippen LogP contribution in [0.5, 0.6) is 0 Å². The Balaban J connectivity index is 0.760. The smallest absolute Gasteiger partial charge is 0.127 e. The highest BCUT2D eigenvalue weighted by atomic mass is 19.1. The lowest BCUT2D eigenvalue weighted by Gasteiger charge is -2.25. The molecule has 2 nitrogen and oxygen atoms in total. The Kier molecular flexibility index (Phi) is 14.3. The lowest BCUT2D eigenvalue weighted by atomic mass is 9.85. The van der Waals surface area contributed by atoms with Crippen molar-refractivity contribution in [3.8, 4) is 11.1 Å². The van der Waals surface area contributed by atoms with Gasteiger partial charge >= 0.3 is 0 Å². The number of halogens is 2. The van der Waals surface area contributed by atoms with E-state index in [1.807, 2.05) is 12.1 Å². The number of ether oxygens (including phenoxy) is 2. The van der Waals surface area contributed by atoms with Crippen molar-refractivity contribution in [2.24, 2.45) is 11.8 Å². The Hall–Kier alpha value is -7.50. The number of hydrogen-bond acceptors (Lipinski definition) is 2. The zero-order chi connectivity index (χ0) is 51.5. The SMILES string of the molecule is Cc1ccc2c(-c3c(Cc4ccc(Cc5ccc(Cc6ccc(CC7COC7)cc6)cc5)c(F)c4)ccc4cc(C)ccc34)cc(Cc3ccc(Cc4ccc(Cc5ccc(CC6COC6)cc5)cc4)c(F)c3)cc2c1. The molecule has 2 aliphatic heterocycles. The second kappa shape index (κ2) is 22.0. The van der Waals surface area contributed by atoms with Crippen LogP contribution in [0.1, 0.15) is 89.0 Å². The minimum absolute atomic E-state index is 0.182. The van der Waals surface area contributed by atoms with Gasteiger partial charge in [-0.2, -0.15) is 0 Å². The maximum atomic E-state index is 16.2. The third-order valence-electron chi connectivity index (χ3n) is 15.9. The summed E-state index contributed by atoms with van der Waals surface area (Å²) in [4.78, 5) is 0. The lowest BCUT2D eigenvalue weighted by Crippen LogP contribution is -2.29. The van der Waals surface area contributed by atoms with E-state index in [9.17, 15) is 0 Å². The first-order valence-corrected chi connectivity index (χ1v) is 27.2. The molecule has 76 heavy (non-hydrogen) atoms. The molecule has 0 spiro atoms. The Morgan fingerprint density at radius 2 is 0.711 bits per heavy atom. The fourth-order valence-electron chi connectivity index (χ4n) is 11.5. The first kappa shape index (κ1) is 49.4. The fourth-order valence-corrected chi connectivity index (χ4v) is 11.5. The van der Waals surface area contributed by atoms with Gasteiger partial charge in [0.15, 0.2) is 0 Å². The molecule has 0 amide bonds. The summed E-state index contributed by atoms with van der Waals surface area (Å²) in [5.74, 6) is 0.936. The Morgan fingerprint density at radius 1 is 0.329 bits per heavy atom. The van der Waals surface area contributed by atoms with E-state index < -0.39 is 0 Å². The summed E-state index contributed by atoms with van der Waals surface area (Å²) in [5, 5.41) is 4.63. The van der Waals surface area contributed by atoms with Crippen LogP contribution in [0.4, 0.5) is 8.78 Å². The largest absolute Gasteiger partial charge is 0.381 e. The van der Waals surface area contributed by atoms with Gasteiger partial charge in [-0.05, 0) is 175 Å². The molecule has 0 atom stereocenters. The summed E-state index contributed by atoms with van der Waals surface area (Å²) in [6.45, 7) is 7.76. The van der Waals surface area contributed by atoms with E-state index in [4.69, 9.17) is 9.47 Å². The first-order valence-electron chi connectivity index (χ1n) is 27.2. The van der Waals surface area contributed by atoms with Gasteiger partial charge in [0, 0.05) is 24.7 Å². The molecule has 378 valence electrons. The third-order valence-corrected chi connectivity index (χ3v) is 15.9. The van der Waals surface area contributed by atoms with Crippen LogP contribution in [0.2, 0.25) is 0 Å². The molecule has 0 unspecified atom stereocenters. The predicted molar refractivity (Wildman–Crippen MR) is 308 cm³/mol. The van der Waals surface area contributed by atoms with Crippen molar-refractivity contribution in [2.45, 2.75) is 65.2 Å². The van der Waals surface area contributed by atoms with Crippen LogP contribution in [0, 0.1) is 37.3 Å². The second-order valence-electron chi connectivity index (χ2n) is 22.1. The van der Waals surface area contributed by atoms with E-state index in [1.54, 1.807) is 12.1 Å². The zero-order valence-electron chi connectivity index (χ0n) is 43.7. The second-order valence-corrected chi connectivity index (χ2v) is 22.1. The lowest BCUT2D eigenvalue weighted by molar-refractivity contribution is -0.0312. The topological polar surface area (TPSA) is 18.5 Å².